The van der Waals surface area contributed by atoms with E-state index in [1.165, 1.54) is 0 Å². The molecule has 2 bridgehead atoms. The highest BCUT2D eigenvalue weighted by Gasteiger charge is 2.60. The minimum atomic E-state index is -0.329. The Balaban J connectivity index is 1.51. The van der Waals surface area contributed by atoms with Gasteiger partial charge in [0.2, 0.25) is 11.8 Å². The summed E-state index contributed by atoms with van der Waals surface area (Å²) in [6.45, 7) is 1.48. The Bertz CT molecular complexity index is 464. The Morgan fingerprint density at radius 1 is 1.30 bits per heavy atom. The van der Waals surface area contributed by atoms with Crippen LogP contribution in [0.15, 0.2) is 0 Å². The molecule has 0 radical (unpaired) electrons. The smallest absolute Gasteiger partial charge is 0.226 e. The van der Waals surface area contributed by atoms with Gasteiger partial charge in [-0.15, -0.1) is 0 Å². The fourth-order valence-electron chi connectivity index (χ4n) is 5.06. The highest BCUT2D eigenvalue weighted by atomic mass is 16.3. The van der Waals surface area contributed by atoms with Gasteiger partial charge in [0, 0.05) is 32.5 Å². The summed E-state index contributed by atoms with van der Waals surface area (Å²) in [7, 11) is 1.80. The second-order valence-electron chi connectivity index (χ2n) is 7.13. The third-order valence-corrected chi connectivity index (χ3v) is 6.14. The van der Waals surface area contributed by atoms with Gasteiger partial charge in [0.05, 0.1) is 12.1 Å². The van der Waals surface area contributed by atoms with Crippen LogP contribution >= 0.6 is 0 Å². The third kappa shape index (κ3) is 1.59. The molecule has 2 saturated heterocycles. The van der Waals surface area contributed by atoms with Crippen LogP contribution in [0.2, 0.25) is 0 Å². The van der Waals surface area contributed by atoms with Gasteiger partial charge in [-0.1, -0.05) is 0 Å². The number of amides is 2. The molecule has 6 unspecified atom stereocenters. The molecule has 2 aliphatic heterocycles. The average molecular weight is 278 g/mol. The molecular formula is C15H22N2O3. The summed E-state index contributed by atoms with van der Waals surface area (Å²) in [6, 6.07) is 0.0426. The molecule has 2 saturated carbocycles. The van der Waals surface area contributed by atoms with E-state index in [9.17, 15) is 14.7 Å². The number of likely N-dealkylation sites (tertiary alicyclic amines) is 2. The summed E-state index contributed by atoms with van der Waals surface area (Å²) in [4.78, 5) is 28.2. The molecule has 0 aromatic rings. The highest BCUT2D eigenvalue weighted by molar-refractivity contribution is 5.87. The van der Waals surface area contributed by atoms with Crippen LogP contribution in [-0.4, -0.2) is 59.0 Å². The van der Waals surface area contributed by atoms with Crippen LogP contribution in [0.4, 0.5) is 0 Å². The number of hydrogen-bond donors (Lipinski definition) is 1. The van der Waals surface area contributed by atoms with E-state index in [0.717, 1.165) is 25.8 Å². The molecule has 6 atom stereocenters. The topological polar surface area (TPSA) is 60.9 Å². The average Bonchev–Trinajstić information content (AvgIpc) is 3.02. The van der Waals surface area contributed by atoms with E-state index in [2.05, 4.69) is 0 Å². The molecule has 1 N–H and O–H groups in total. The van der Waals surface area contributed by atoms with Crippen LogP contribution in [0, 0.1) is 23.7 Å². The standard InChI is InChI=1S/C15H22N2O3/c1-16-3-2-8(6-12(16)18)15(20)17-7-10-4-9-5-11(10)13(17)14(9)19/h8-11,13-14,19H,2-7H2,1H3. The Labute approximate surface area is 118 Å². The van der Waals surface area contributed by atoms with Gasteiger partial charge >= 0.3 is 0 Å². The van der Waals surface area contributed by atoms with E-state index in [0.29, 0.717) is 30.7 Å². The normalized spacial score (nSPS) is 46.4. The van der Waals surface area contributed by atoms with Crippen molar-refractivity contribution < 1.29 is 14.7 Å². The van der Waals surface area contributed by atoms with Crippen molar-refractivity contribution in [3.05, 3.63) is 0 Å². The monoisotopic (exact) mass is 278 g/mol. The van der Waals surface area contributed by atoms with Crippen molar-refractivity contribution in [1.29, 1.82) is 0 Å². The fourth-order valence-corrected chi connectivity index (χ4v) is 5.06. The first-order valence-corrected chi connectivity index (χ1v) is 7.78. The lowest BCUT2D eigenvalue weighted by Gasteiger charge is -2.34. The van der Waals surface area contributed by atoms with Gasteiger partial charge in [0.25, 0.3) is 0 Å². The van der Waals surface area contributed by atoms with Crippen molar-refractivity contribution in [2.45, 2.75) is 37.8 Å². The van der Waals surface area contributed by atoms with Crippen molar-refractivity contribution in [3.63, 3.8) is 0 Å². The molecule has 0 aromatic carbocycles. The summed E-state index contributed by atoms with van der Waals surface area (Å²) < 4.78 is 0. The SMILES string of the molecule is CN1CCC(C(=O)N2CC3CC4CC3C2C4O)CC1=O. The van der Waals surface area contributed by atoms with Crippen molar-refractivity contribution in [1.82, 2.24) is 9.80 Å². The van der Waals surface area contributed by atoms with Gasteiger partial charge in [0.15, 0.2) is 0 Å². The molecular weight excluding hydrogens is 256 g/mol. The largest absolute Gasteiger partial charge is 0.391 e. The van der Waals surface area contributed by atoms with E-state index < -0.39 is 0 Å². The van der Waals surface area contributed by atoms with Gasteiger partial charge in [-0.05, 0) is 37.0 Å². The summed E-state index contributed by atoms with van der Waals surface area (Å²) in [5.41, 5.74) is 0. The predicted octanol–water partition coefficient (Wildman–Crippen LogP) is 0.0825. The van der Waals surface area contributed by atoms with E-state index in [1.807, 2.05) is 4.90 Å². The molecule has 4 aliphatic rings. The van der Waals surface area contributed by atoms with Gasteiger partial charge < -0.3 is 14.9 Å². The number of piperidine rings is 1. The lowest BCUT2D eigenvalue weighted by molar-refractivity contribution is -0.146. The molecule has 5 nitrogen and oxygen atoms in total. The molecule has 110 valence electrons. The van der Waals surface area contributed by atoms with Crippen molar-refractivity contribution >= 4 is 11.8 Å². The minimum Gasteiger partial charge on any atom is -0.391 e. The number of nitrogens with zero attached hydrogens (tertiary/aromatic N) is 2. The molecule has 2 aliphatic carbocycles. The van der Waals surface area contributed by atoms with Gasteiger partial charge in [0.1, 0.15) is 0 Å². The lowest BCUT2D eigenvalue weighted by Crippen LogP contribution is -2.48. The first kappa shape index (κ1) is 12.6. The zero-order valence-electron chi connectivity index (χ0n) is 11.9. The van der Waals surface area contributed by atoms with E-state index in [-0.39, 0.29) is 29.9 Å². The minimum absolute atomic E-state index is 0.0426. The zero-order valence-corrected chi connectivity index (χ0v) is 11.9. The van der Waals surface area contributed by atoms with E-state index in [1.54, 1.807) is 11.9 Å². The van der Waals surface area contributed by atoms with Crippen molar-refractivity contribution in [2.75, 3.05) is 20.1 Å². The molecule has 0 spiro atoms. The van der Waals surface area contributed by atoms with Crippen LogP contribution in [0.1, 0.15) is 25.7 Å². The maximum Gasteiger partial charge on any atom is 0.226 e. The number of carbonyl (C=O) groups is 2. The molecule has 20 heavy (non-hydrogen) atoms. The van der Waals surface area contributed by atoms with Crippen LogP contribution in [0.5, 0.6) is 0 Å². The second-order valence-corrected chi connectivity index (χ2v) is 7.13. The number of carbonyl (C=O) groups excluding carboxylic acids is 2. The van der Waals surface area contributed by atoms with Gasteiger partial charge in [-0.25, -0.2) is 0 Å². The van der Waals surface area contributed by atoms with E-state index >= 15 is 0 Å². The number of rotatable bonds is 1. The summed E-state index contributed by atoms with van der Waals surface area (Å²) in [6.07, 6.45) is 2.95. The van der Waals surface area contributed by atoms with Gasteiger partial charge in [-0.3, -0.25) is 9.59 Å². The second kappa shape index (κ2) is 4.20. The first-order chi connectivity index (χ1) is 9.56. The summed E-state index contributed by atoms with van der Waals surface area (Å²) >= 11 is 0. The van der Waals surface area contributed by atoms with Crippen molar-refractivity contribution in [3.8, 4) is 0 Å². The maximum atomic E-state index is 12.7. The Hall–Kier alpha value is -1.10. The van der Waals surface area contributed by atoms with Gasteiger partial charge in [-0.2, -0.15) is 0 Å². The first-order valence-electron chi connectivity index (χ1n) is 7.78. The number of hydrogen-bond acceptors (Lipinski definition) is 3. The quantitative estimate of drug-likeness (QED) is 0.739. The third-order valence-electron chi connectivity index (χ3n) is 6.14. The molecule has 4 fully saturated rings. The van der Waals surface area contributed by atoms with E-state index in [4.69, 9.17) is 0 Å². The number of aliphatic hydroxyl groups excluding tert-OH is 1. The van der Waals surface area contributed by atoms with Crippen LogP contribution < -0.4 is 0 Å². The maximum absolute atomic E-state index is 12.7. The molecule has 5 heteroatoms. The van der Waals surface area contributed by atoms with Crippen LogP contribution in [0.3, 0.4) is 0 Å². The Morgan fingerprint density at radius 2 is 2.10 bits per heavy atom. The Kier molecular flexibility index (Phi) is 2.65. The van der Waals surface area contributed by atoms with Crippen LogP contribution in [-0.2, 0) is 9.59 Å². The predicted molar refractivity (Wildman–Crippen MR) is 71.6 cm³/mol. The van der Waals surface area contributed by atoms with Crippen molar-refractivity contribution in [2.24, 2.45) is 23.7 Å². The molecule has 4 rings (SSSR count). The number of fused-ring (bicyclic) bond motifs is 1. The number of aliphatic hydroxyl groups is 1. The Morgan fingerprint density at radius 3 is 2.80 bits per heavy atom. The molecule has 0 aromatic heterocycles. The summed E-state index contributed by atoms with van der Waals surface area (Å²) in [5.74, 6) is 1.54. The molecule has 2 amide bonds. The summed E-state index contributed by atoms with van der Waals surface area (Å²) in [5, 5.41) is 10.3. The lowest BCUT2D eigenvalue weighted by atomic mass is 9.88. The molecule has 2 heterocycles. The van der Waals surface area contributed by atoms with Crippen LogP contribution in [0.25, 0.3) is 0 Å². The zero-order chi connectivity index (χ0) is 14.0. The fraction of sp³-hybridized carbons (Fsp3) is 0.867. The highest BCUT2D eigenvalue weighted by Crippen LogP contribution is 2.55.